The Kier molecular flexibility index (Phi) is 4.88. The van der Waals surface area contributed by atoms with E-state index < -0.39 is 12.2 Å². The third-order valence-corrected chi connectivity index (χ3v) is 1.22. The molecule has 0 rings (SSSR count). The van der Waals surface area contributed by atoms with Gasteiger partial charge in [-0.2, -0.15) is 0 Å². The molecule has 4 nitrogen and oxygen atoms in total. The summed E-state index contributed by atoms with van der Waals surface area (Å²) in [4.78, 5) is 9.70. The van der Waals surface area contributed by atoms with Gasteiger partial charge < -0.3 is 15.5 Å². The Bertz CT molecular complexity index is 95.0. The van der Waals surface area contributed by atoms with E-state index in [1.54, 1.807) is 0 Å². The average Bonchev–Trinajstić information content (AvgIpc) is 1.88. The molecule has 0 fully saturated rings. The third kappa shape index (κ3) is 4.29. The van der Waals surface area contributed by atoms with Crippen molar-refractivity contribution in [2.75, 3.05) is 6.54 Å². The number of rotatable bonds is 5. The Morgan fingerprint density at radius 3 is 2.60 bits per heavy atom. The van der Waals surface area contributed by atoms with Crippen molar-refractivity contribution in [3.8, 4) is 0 Å². The lowest BCUT2D eigenvalue weighted by molar-refractivity contribution is -0.109. The van der Waals surface area contributed by atoms with Crippen molar-refractivity contribution >= 4 is 6.41 Å². The maximum absolute atomic E-state index is 9.70. The molecule has 0 aliphatic rings. The molecule has 60 valence electrons. The highest BCUT2D eigenvalue weighted by atomic mass is 16.3. The molecule has 0 spiro atoms. The smallest absolute Gasteiger partial charge is 0.207 e. The largest absolute Gasteiger partial charge is 0.391 e. The van der Waals surface area contributed by atoms with Crippen molar-refractivity contribution in [3.05, 3.63) is 0 Å². The van der Waals surface area contributed by atoms with Crippen LogP contribution in [0.15, 0.2) is 0 Å². The lowest BCUT2D eigenvalue weighted by Crippen LogP contribution is -2.27. The van der Waals surface area contributed by atoms with Crippen molar-refractivity contribution in [1.82, 2.24) is 5.32 Å². The number of hydrogen-bond acceptors (Lipinski definition) is 3. The topological polar surface area (TPSA) is 69.6 Å². The summed E-state index contributed by atoms with van der Waals surface area (Å²) in [5, 5.41) is 20.1. The molecule has 0 saturated heterocycles. The van der Waals surface area contributed by atoms with E-state index in [0.717, 1.165) is 0 Å². The van der Waals surface area contributed by atoms with Crippen molar-refractivity contribution in [2.45, 2.75) is 25.6 Å². The van der Waals surface area contributed by atoms with Crippen LogP contribution in [0, 0.1) is 0 Å². The molecule has 0 aliphatic heterocycles. The van der Waals surface area contributed by atoms with E-state index in [-0.39, 0.29) is 0 Å². The number of aliphatic hydroxyl groups excluding tert-OH is 2. The van der Waals surface area contributed by atoms with Crippen LogP contribution in [-0.4, -0.2) is 35.4 Å². The Balaban J connectivity index is 3.21. The summed E-state index contributed by atoms with van der Waals surface area (Å²) in [5.74, 6) is 0. The predicted octanol–water partition coefficient (Wildman–Crippen LogP) is -1.14. The van der Waals surface area contributed by atoms with Gasteiger partial charge in [-0.1, -0.05) is 0 Å². The second kappa shape index (κ2) is 5.20. The number of carbonyl (C=O) groups is 1. The molecule has 10 heavy (non-hydrogen) atoms. The van der Waals surface area contributed by atoms with Gasteiger partial charge in [0.2, 0.25) is 6.41 Å². The van der Waals surface area contributed by atoms with Gasteiger partial charge in [0.15, 0.2) is 0 Å². The summed E-state index contributed by atoms with van der Waals surface area (Å²) in [5.41, 5.74) is 0. The molecule has 0 bridgehead atoms. The number of hydrogen-bond donors (Lipinski definition) is 3. The highest BCUT2D eigenvalue weighted by molar-refractivity contribution is 5.45. The summed E-state index contributed by atoms with van der Waals surface area (Å²) in [6, 6.07) is 0. The first kappa shape index (κ1) is 9.39. The molecule has 0 aromatic rings. The molecular weight excluding hydrogens is 134 g/mol. The zero-order valence-electron chi connectivity index (χ0n) is 5.95. The van der Waals surface area contributed by atoms with Crippen molar-refractivity contribution in [2.24, 2.45) is 0 Å². The van der Waals surface area contributed by atoms with Crippen LogP contribution in [0.1, 0.15) is 13.3 Å². The molecule has 0 aliphatic carbocycles. The predicted molar refractivity (Wildman–Crippen MR) is 36.4 cm³/mol. The lowest BCUT2D eigenvalue weighted by atomic mass is 10.2. The van der Waals surface area contributed by atoms with Crippen LogP contribution in [0.2, 0.25) is 0 Å². The van der Waals surface area contributed by atoms with E-state index in [4.69, 9.17) is 10.2 Å². The summed E-state index contributed by atoms with van der Waals surface area (Å²) < 4.78 is 0. The van der Waals surface area contributed by atoms with E-state index in [2.05, 4.69) is 5.32 Å². The lowest BCUT2D eigenvalue weighted by Gasteiger charge is -2.11. The SMILES string of the molecule is CC(O)C(O)CCNC=O. The van der Waals surface area contributed by atoms with Gasteiger partial charge in [0.05, 0.1) is 12.2 Å². The van der Waals surface area contributed by atoms with Gasteiger partial charge in [-0.15, -0.1) is 0 Å². The molecule has 0 radical (unpaired) electrons. The summed E-state index contributed by atoms with van der Waals surface area (Å²) in [7, 11) is 0. The molecule has 4 heteroatoms. The molecule has 0 aromatic heterocycles. The van der Waals surface area contributed by atoms with Gasteiger partial charge in [-0.25, -0.2) is 0 Å². The van der Waals surface area contributed by atoms with Gasteiger partial charge in [-0.05, 0) is 13.3 Å². The van der Waals surface area contributed by atoms with E-state index in [1.165, 1.54) is 6.92 Å². The molecule has 2 atom stereocenters. The van der Waals surface area contributed by atoms with Crippen LogP contribution in [0.4, 0.5) is 0 Å². The molecule has 0 saturated carbocycles. The van der Waals surface area contributed by atoms with Crippen LogP contribution in [0.3, 0.4) is 0 Å². The molecule has 0 heterocycles. The van der Waals surface area contributed by atoms with E-state index in [1.807, 2.05) is 0 Å². The third-order valence-electron chi connectivity index (χ3n) is 1.22. The number of aliphatic hydroxyl groups is 2. The van der Waals surface area contributed by atoms with Gasteiger partial charge in [-0.3, -0.25) is 4.79 Å². The van der Waals surface area contributed by atoms with E-state index in [9.17, 15) is 4.79 Å². The van der Waals surface area contributed by atoms with Gasteiger partial charge in [0, 0.05) is 6.54 Å². The molecular formula is C6H13NO3. The fourth-order valence-corrected chi connectivity index (χ4v) is 0.531. The van der Waals surface area contributed by atoms with Gasteiger partial charge in [0.1, 0.15) is 0 Å². The van der Waals surface area contributed by atoms with Crippen LogP contribution in [-0.2, 0) is 4.79 Å². The second-order valence-electron chi connectivity index (χ2n) is 2.17. The standard InChI is InChI=1S/C6H13NO3/c1-5(9)6(10)2-3-7-4-8/h4-6,9-10H,2-3H2,1H3,(H,7,8). The molecule has 1 amide bonds. The normalized spacial score (nSPS) is 15.9. The maximum atomic E-state index is 9.70. The fraction of sp³-hybridized carbons (Fsp3) is 0.833. The summed E-state index contributed by atoms with van der Waals surface area (Å²) in [6.07, 6.45) is -0.522. The zero-order chi connectivity index (χ0) is 7.98. The van der Waals surface area contributed by atoms with Crippen LogP contribution < -0.4 is 5.32 Å². The highest BCUT2D eigenvalue weighted by Crippen LogP contribution is 1.95. The van der Waals surface area contributed by atoms with E-state index >= 15 is 0 Å². The number of carbonyl (C=O) groups excluding carboxylic acids is 1. The first-order valence-electron chi connectivity index (χ1n) is 3.21. The minimum Gasteiger partial charge on any atom is -0.391 e. The zero-order valence-corrected chi connectivity index (χ0v) is 5.95. The molecule has 0 aromatic carbocycles. The average molecular weight is 147 g/mol. The second-order valence-corrected chi connectivity index (χ2v) is 2.17. The van der Waals surface area contributed by atoms with Crippen molar-refractivity contribution < 1.29 is 15.0 Å². The van der Waals surface area contributed by atoms with Crippen molar-refractivity contribution in [3.63, 3.8) is 0 Å². The van der Waals surface area contributed by atoms with Gasteiger partial charge in [0.25, 0.3) is 0 Å². The Morgan fingerprint density at radius 2 is 2.20 bits per heavy atom. The van der Waals surface area contributed by atoms with Crippen LogP contribution in [0.25, 0.3) is 0 Å². The van der Waals surface area contributed by atoms with Gasteiger partial charge >= 0.3 is 0 Å². The monoisotopic (exact) mass is 147 g/mol. The molecule has 3 N–H and O–H groups in total. The summed E-state index contributed by atoms with van der Waals surface area (Å²) in [6.45, 7) is 1.90. The fourth-order valence-electron chi connectivity index (χ4n) is 0.531. The Labute approximate surface area is 59.9 Å². The molecule has 2 unspecified atom stereocenters. The first-order chi connectivity index (χ1) is 4.68. The Morgan fingerprint density at radius 1 is 1.60 bits per heavy atom. The Hall–Kier alpha value is -0.610. The van der Waals surface area contributed by atoms with Crippen molar-refractivity contribution in [1.29, 1.82) is 0 Å². The first-order valence-corrected chi connectivity index (χ1v) is 3.21. The van der Waals surface area contributed by atoms with Crippen LogP contribution in [0.5, 0.6) is 0 Å². The number of amides is 1. The summed E-state index contributed by atoms with van der Waals surface area (Å²) >= 11 is 0. The highest BCUT2D eigenvalue weighted by Gasteiger charge is 2.08. The van der Waals surface area contributed by atoms with Crippen LogP contribution >= 0.6 is 0 Å². The quantitative estimate of drug-likeness (QED) is 0.340. The van der Waals surface area contributed by atoms with E-state index in [0.29, 0.717) is 19.4 Å². The number of nitrogens with one attached hydrogen (secondary N) is 1. The maximum Gasteiger partial charge on any atom is 0.207 e. The minimum atomic E-state index is -0.743. The minimum absolute atomic E-state index is 0.385.